The van der Waals surface area contributed by atoms with Gasteiger partial charge < -0.3 is 5.73 Å². The van der Waals surface area contributed by atoms with Crippen LogP contribution in [0.4, 0.5) is 0 Å². The Bertz CT molecular complexity index is 523. The molecule has 2 aromatic rings. The van der Waals surface area contributed by atoms with Crippen molar-refractivity contribution in [3.63, 3.8) is 0 Å². The zero-order chi connectivity index (χ0) is 12.6. The van der Waals surface area contributed by atoms with Gasteiger partial charge in [-0.15, -0.1) is 0 Å². The first kappa shape index (κ1) is 11.0. The summed E-state index contributed by atoms with van der Waals surface area (Å²) in [5.41, 5.74) is 7.67. The van der Waals surface area contributed by atoms with Crippen LogP contribution in [0, 0.1) is 5.92 Å². The Kier molecular flexibility index (Phi) is 2.44. The molecule has 0 unspecified atom stereocenters. The lowest BCUT2D eigenvalue weighted by Crippen LogP contribution is -2.22. The first-order valence-corrected chi connectivity index (χ1v) is 6.15. The Morgan fingerprint density at radius 1 is 0.944 bits per heavy atom. The van der Waals surface area contributed by atoms with Gasteiger partial charge in [-0.2, -0.15) is 0 Å². The molecule has 1 saturated carbocycles. The predicted molar refractivity (Wildman–Crippen MR) is 71.0 cm³/mol. The molecule has 2 aromatic carbocycles. The van der Waals surface area contributed by atoms with Crippen LogP contribution in [0.1, 0.15) is 17.5 Å². The zero-order valence-electron chi connectivity index (χ0n) is 10.0. The molecule has 0 radical (unpaired) electrons. The van der Waals surface area contributed by atoms with E-state index in [1.807, 2.05) is 36.4 Å². The summed E-state index contributed by atoms with van der Waals surface area (Å²) >= 11 is 0. The smallest absolute Gasteiger partial charge is 0.221 e. The second kappa shape index (κ2) is 3.98. The molecule has 0 spiro atoms. The number of hydrogen-bond donors (Lipinski definition) is 1. The summed E-state index contributed by atoms with van der Waals surface area (Å²) in [6.45, 7) is 0. The molecule has 3 rings (SSSR count). The molecule has 1 amide bonds. The van der Waals surface area contributed by atoms with Gasteiger partial charge in [0.05, 0.1) is 5.92 Å². The Morgan fingerprint density at radius 3 is 1.72 bits per heavy atom. The topological polar surface area (TPSA) is 43.1 Å². The van der Waals surface area contributed by atoms with Gasteiger partial charge in [0.1, 0.15) is 0 Å². The highest BCUT2D eigenvalue weighted by Crippen LogP contribution is 2.58. The highest BCUT2D eigenvalue weighted by Gasteiger charge is 2.59. The Hall–Kier alpha value is -2.09. The van der Waals surface area contributed by atoms with Crippen molar-refractivity contribution in [3.8, 4) is 0 Å². The van der Waals surface area contributed by atoms with E-state index in [0.717, 1.165) is 6.42 Å². The summed E-state index contributed by atoms with van der Waals surface area (Å²) < 4.78 is 0. The molecule has 0 heterocycles. The molecule has 0 bridgehead atoms. The molecule has 1 aliphatic carbocycles. The molecular formula is C16H15NO. The standard InChI is InChI=1S/C16H15NO/c17-15(18)14-11-16(14,12-7-3-1-4-8-12)13-9-5-2-6-10-13/h1-10,14H,11H2,(H2,17,18)/t14-/m0/s1. The van der Waals surface area contributed by atoms with Crippen molar-refractivity contribution < 1.29 is 4.79 Å². The highest BCUT2D eigenvalue weighted by molar-refractivity contribution is 5.84. The second-order valence-electron chi connectivity index (χ2n) is 4.86. The number of amides is 1. The van der Waals surface area contributed by atoms with Gasteiger partial charge in [-0.3, -0.25) is 4.79 Å². The number of rotatable bonds is 3. The molecule has 2 N–H and O–H groups in total. The molecule has 1 atom stereocenters. The molecule has 0 aromatic heterocycles. The van der Waals surface area contributed by atoms with Gasteiger partial charge in [0.15, 0.2) is 0 Å². The third-order valence-corrected chi connectivity index (χ3v) is 3.88. The fourth-order valence-corrected chi connectivity index (χ4v) is 2.88. The summed E-state index contributed by atoms with van der Waals surface area (Å²) in [5.74, 6) is -0.287. The van der Waals surface area contributed by atoms with E-state index in [2.05, 4.69) is 24.3 Å². The van der Waals surface area contributed by atoms with Crippen LogP contribution in [0.5, 0.6) is 0 Å². The molecule has 1 fully saturated rings. The fraction of sp³-hybridized carbons (Fsp3) is 0.188. The number of benzene rings is 2. The van der Waals surface area contributed by atoms with Gasteiger partial charge >= 0.3 is 0 Å². The van der Waals surface area contributed by atoms with E-state index in [1.165, 1.54) is 11.1 Å². The van der Waals surface area contributed by atoms with Gasteiger partial charge in [-0.25, -0.2) is 0 Å². The van der Waals surface area contributed by atoms with E-state index in [4.69, 9.17) is 5.73 Å². The lowest BCUT2D eigenvalue weighted by Gasteiger charge is -2.18. The first-order valence-electron chi connectivity index (χ1n) is 6.15. The van der Waals surface area contributed by atoms with E-state index in [-0.39, 0.29) is 17.2 Å². The minimum atomic E-state index is -0.206. The van der Waals surface area contributed by atoms with Gasteiger partial charge in [0.25, 0.3) is 0 Å². The van der Waals surface area contributed by atoms with Crippen LogP contribution in [-0.4, -0.2) is 5.91 Å². The van der Waals surface area contributed by atoms with E-state index in [0.29, 0.717) is 0 Å². The maximum atomic E-state index is 11.5. The largest absolute Gasteiger partial charge is 0.369 e. The summed E-state index contributed by atoms with van der Waals surface area (Å²) in [6, 6.07) is 20.3. The van der Waals surface area contributed by atoms with Crippen molar-refractivity contribution in [1.29, 1.82) is 0 Å². The molecule has 18 heavy (non-hydrogen) atoms. The monoisotopic (exact) mass is 237 g/mol. The Morgan fingerprint density at radius 2 is 1.39 bits per heavy atom. The summed E-state index contributed by atoms with van der Waals surface area (Å²) in [6.07, 6.45) is 0.816. The van der Waals surface area contributed by atoms with E-state index in [9.17, 15) is 4.79 Å². The van der Waals surface area contributed by atoms with Crippen LogP contribution in [0.15, 0.2) is 60.7 Å². The number of nitrogens with two attached hydrogens (primary N) is 1. The SMILES string of the molecule is NC(=O)[C@@H]1CC1(c1ccccc1)c1ccccc1. The Balaban J connectivity index is 2.11. The number of carbonyl (C=O) groups excluding carboxylic acids is 1. The summed E-state index contributed by atoms with van der Waals surface area (Å²) in [4.78, 5) is 11.5. The van der Waals surface area contributed by atoms with E-state index in [1.54, 1.807) is 0 Å². The Labute approximate surface area is 106 Å². The maximum absolute atomic E-state index is 11.5. The van der Waals surface area contributed by atoms with Crippen molar-refractivity contribution >= 4 is 5.91 Å². The van der Waals surface area contributed by atoms with Crippen LogP contribution < -0.4 is 5.73 Å². The van der Waals surface area contributed by atoms with Crippen LogP contribution in [0.2, 0.25) is 0 Å². The first-order chi connectivity index (χ1) is 8.75. The third-order valence-electron chi connectivity index (χ3n) is 3.88. The zero-order valence-corrected chi connectivity index (χ0v) is 10.0. The van der Waals surface area contributed by atoms with Gasteiger partial charge in [0.2, 0.25) is 5.91 Å². The average molecular weight is 237 g/mol. The minimum absolute atomic E-state index is 0.0812. The molecular weight excluding hydrogens is 222 g/mol. The van der Waals surface area contributed by atoms with Crippen LogP contribution in [0.3, 0.4) is 0 Å². The van der Waals surface area contributed by atoms with Gasteiger partial charge in [-0.05, 0) is 17.5 Å². The number of carbonyl (C=O) groups is 1. The lowest BCUT2D eigenvalue weighted by atomic mass is 9.85. The third kappa shape index (κ3) is 1.53. The van der Waals surface area contributed by atoms with Crippen molar-refractivity contribution in [2.45, 2.75) is 11.8 Å². The second-order valence-corrected chi connectivity index (χ2v) is 4.86. The molecule has 0 saturated heterocycles. The number of primary amides is 1. The van der Waals surface area contributed by atoms with Crippen molar-refractivity contribution in [3.05, 3.63) is 71.8 Å². The van der Waals surface area contributed by atoms with Crippen molar-refractivity contribution in [2.75, 3.05) is 0 Å². The summed E-state index contributed by atoms with van der Waals surface area (Å²) in [5, 5.41) is 0. The van der Waals surface area contributed by atoms with Gasteiger partial charge in [-0.1, -0.05) is 60.7 Å². The molecule has 1 aliphatic rings. The molecule has 0 aliphatic heterocycles. The predicted octanol–water partition coefficient (Wildman–Crippen LogP) is 2.48. The van der Waals surface area contributed by atoms with Crippen LogP contribution >= 0.6 is 0 Å². The van der Waals surface area contributed by atoms with Crippen molar-refractivity contribution in [2.24, 2.45) is 11.7 Å². The maximum Gasteiger partial charge on any atom is 0.221 e. The van der Waals surface area contributed by atoms with Crippen LogP contribution in [-0.2, 0) is 10.2 Å². The van der Waals surface area contributed by atoms with Gasteiger partial charge in [0, 0.05) is 5.41 Å². The quantitative estimate of drug-likeness (QED) is 0.875. The average Bonchev–Trinajstić information content (AvgIpc) is 3.18. The molecule has 90 valence electrons. The molecule has 2 nitrogen and oxygen atoms in total. The number of hydrogen-bond acceptors (Lipinski definition) is 1. The summed E-state index contributed by atoms with van der Waals surface area (Å²) in [7, 11) is 0. The molecule has 2 heteroatoms. The van der Waals surface area contributed by atoms with E-state index >= 15 is 0 Å². The minimum Gasteiger partial charge on any atom is -0.369 e. The highest BCUT2D eigenvalue weighted by atomic mass is 16.1. The van der Waals surface area contributed by atoms with E-state index < -0.39 is 0 Å². The normalized spacial score (nSPS) is 20.3. The fourth-order valence-electron chi connectivity index (χ4n) is 2.88. The lowest BCUT2D eigenvalue weighted by molar-refractivity contribution is -0.119. The van der Waals surface area contributed by atoms with Crippen LogP contribution in [0.25, 0.3) is 0 Å². The van der Waals surface area contributed by atoms with Crippen molar-refractivity contribution in [1.82, 2.24) is 0 Å².